The fourth-order valence-electron chi connectivity index (χ4n) is 3.75. The normalized spacial score (nSPS) is 24.4. The lowest BCUT2D eigenvalue weighted by atomic mass is 9.86. The summed E-state index contributed by atoms with van der Waals surface area (Å²) >= 11 is 0. The maximum absolute atomic E-state index is 14.2. The number of aromatic amines is 1. The van der Waals surface area contributed by atoms with Crippen molar-refractivity contribution in [2.45, 2.75) is 24.9 Å². The van der Waals surface area contributed by atoms with Crippen LogP contribution in [0.3, 0.4) is 0 Å². The Hall–Kier alpha value is -2.15. The summed E-state index contributed by atoms with van der Waals surface area (Å²) < 4.78 is 19.2. The highest BCUT2D eigenvalue weighted by atomic mass is 19.1. The summed E-state index contributed by atoms with van der Waals surface area (Å²) in [7, 11) is 3.51. The molecule has 1 aromatic carbocycles. The predicted octanol–water partition coefficient (Wildman–Crippen LogP) is 1.63. The van der Waals surface area contributed by atoms with Gasteiger partial charge >= 0.3 is 0 Å². The molecule has 0 saturated carbocycles. The van der Waals surface area contributed by atoms with Crippen molar-refractivity contribution in [2.24, 2.45) is 0 Å². The Labute approximate surface area is 133 Å². The van der Waals surface area contributed by atoms with Crippen LogP contribution < -0.4 is 4.74 Å². The van der Waals surface area contributed by atoms with Gasteiger partial charge in [0.15, 0.2) is 17.3 Å². The van der Waals surface area contributed by atoms with Gasteiger partial charge in [0.1, 0.15) is 5.52 Å². The molecule has 0 aliphatic carbocycles. The Morgan fingerprint density at radius 3 is 3.04 bits per heavy atom. The van der Waals surface area contributed by atoms with E-state index >= 15 is 0 Å². The Balaban J connectivity index is 1.65. The van der Waals surface area contributed by atoms with Crippen molar-refractivity contribution < 1.29 is 13.9 Å². The molecule has 2 aromatic rings. The number of aromatic nitrogens is 2. The molecule has 1 aromatic heterocycles. The van der Waals surface area contributed by atoms with Gasteiger partial charge in [-0.2, -0.15) is 5.10 Å². The van der Waals surface area contributed by atoms with E-state index in [0.717, 1.165) is 19.4 Å². The van der Waals surface area contributed by atoms with E-state index in [9.17, 15) is 9.18 Å². The highest BCUT2D eigenvalue weighted by Crippen LogP contribution is 2.33. The number of fused-ring (bicyclic) bond motifs is 2. The first kappa shape index (κ1) is 14.4. The standard InChI is InChI=1S/C16H19FN4O2/c1-20-7-3-4-10-11(20)8-21(10)16(22)15-9-5-6-12(23-2)13(17)14(9)18-19-15/h5-6,10-11H,3-4,7-8H2,1-2H3,(H,18,19)/t10?,11-/m1/s1. The maximum atomic E-state index is 14.2. The molecule has 2 atom stereocenters. The third-order valence-corrected chi connectivity index (χ3v) is 5.13. The van der Waals surface area contributed by atoms with Crippen LogP contribution in [-0.2, 0) is 0 Å². The molecule has 4 rings (SSSR count). The SMILES string of the molecule is COc1ccc2c(C(=O)N3C[C@@H]4C3CCCN4C)n[nH]c2c1F. The summed E-state index contributed by atoms with van der Waals surface area (Å²) in [5.74, 6) is -0.508. The minimum atomic E-state index is -0.518. The van der Waals surface area contributed by atoms with E-state index in [4.69, 9.17) is 4.74 Å². The van der Waals surface area contributed by atoms with Crippen molar-refractivity contribution in [1.82, 2.24) is 20.0 Å². The molecule has 0 radical (unpaired) electrons. The van der Waals surface area contributed by atoms with Crippen LogP contribution in [0.25, 0.3) is 10.9 Å². The first-order chi connectivity index (χ1) is 11.1. The van der Waals surface area contributed by atoms with Crippen LogP contribution in [0.5, 0.6) is 5.75 Å². The Morgan fingerprint density at radius 1 is 1.43 bits per heavy atom. The van der Waals surface area contributed by atoms with Crippen molar-refractivity contribution in [1.29, 1.82) is 0 Å². The Bertz CT molecular complexity index is 775. The molecule has 1 amide bonds. The zero-order valence-corrected chi connectivity index (χ0v) is 13.2. The number of benzene rings is 1. The second-order valence-corrected chi connectivity index (χ2v) is 6.29. The number of methoxy groups -OCH3 is 1. The molecular formula is C16H19FN4O2. The fraction of sp³-hybridized carbons (Fsp3) is 0.500. The third-order valence-electron chi connectivity index (χ3n) is 5.13. The van der Waals surface area contributed by atoms with Crippen LogP contribution in [0.15, 0.2) is 12.1 Å². The number of carbonyl (C=O) groups excluding carboxylic acids is 1. The highest BCUT2D eigenvalue weighted by molar-refractivity contribution is 6.05. The fourth-order valence-corrected chi connectivity index (χ4v) is 3.75. The van der Waals surface area contributed by atoms with Crippen LogP contribution in [0.1, 0.15) is 23.3 Å². The van der Waals surface area contributed by atoms with Crippen molar-refractivity contribution in [3.8, 4) is 5.75 Å². The van der Waals surface area contributed by atoms with Crippen LogP contribution >= 0.6 is 0 Å². The lowest BCUT2D eigenvalue weighted by molar-refractivity contribution is -0.0313. The molecule has 122 valence electrons. The summed E-state index contributed by atoms with van der Waals surface area (Å²) in [6.07, 6.45) is 2.11. The number of nitrogens with one attached hydrogen (secondary N) is 1. The van der Waals surface area contributed by atoms with E-state index in [2.05, 4.69) is 22.1 Å². The van der Waals surface area contributed by atoms with E-state index in [0.29, 0.717) is 18.0 Å². The van der Waals surface area contributed by atoms with Gasteiger partial charge in [-0.25, -0.2) is 4.39 Å². The molecule has 2 aliphatic rings. The highest BCUT2D eigenvalue weighted by Gasteiger charge is 2.46. The van der Waals surface area contributed by atoms with Gasteiger partial charge in [-0.1, -0.05) is 0 Å². The lowest BCUT2D eigenvalue weighted by Gasteiger charge is -2.54. The Kier molecular flexibility index (Phi) is 3.26. The minimum absolute atomic E-state index is 0.127. The second-order valence-electron chi connectivity index (χ2n) is 6.29. The average molecular weight is 318 g/mol. The molecule has 6 nitrogen and oxygen atoms in total. The van der Waals surface area contributed by atoms with E-state index in [1.54, 1.807) is 6.07 Å². The summed E-state index contributed by atoms with van der Waals surface area (Å²) in [5, 5.41) is 7.20. The molecule has 2 saturated heterocycles. The molecule has 1 unspecified atom stereocenters. The number of amides is 1. The summed E-state index contributed by atoms with van der Waals surface area (Å²) in [6.45, 7) is 1.80. The quantitative estimate of drug-likeness (QED) is 0.914. The first-order valence-electron chi connectivity index (χ1n) is 7.83. The number of nitrogens with zero attached hydrogens (tertiary/aromatic N) is 3. The molecule has 1 N–H and O–H groups in total. The van der Waals surface area contributed by atoms with Gasteiger partial charge in [-0.05, 0) is 38.6 Å². The monoisotopic (exact) mass is 318 g/mol. The molecule has 2 fully saturated rings. The number of piperidine rings is 1. The van der Waals surface area contributed by atoms with Gasteiger partial charge in [-0.3, -0.25) is 14.8 Å². The molecule has 2 aliphatic heterocycles. The molecular weight excluding hydrogens is 299 g/mol. The molecule has 23 heavy (non-hydrogen) atoms. The van der Waals surface area contributed by atoms with Gasteiger partial charge in [-0.15, -0.1) is 0 Å². The second kappa shape index (κ2) is 5.19. The summed E-state index contributed by atoms with van der Waals surface area (Å²) in [4.78, 5) is 17.0. The van der Waals surface area contributed by atoms with Gasteiger partial charge in [0, 0.05) is 24.0 Å². The van der Waals surface area contributed by atoms with Gasteiger partial charge in [0.25, 0.3) is 5.91 Å². The number of likely N-dealkylation sites (tertiary alicyclic amines) is 2. The van der Waals surface area contributed by atoms with Crippen LogP contribution in [-0.4, -0.2) is 65.2 Å². The van der Waals surface area contributed by atoms with E-state index in [-0.39, 0.29) is 28.9 Å². The van der Waals surface area contributed by atoms with Crippen molar-refractivity contribution in [2.75, 3.05) is 27.2 Å². The third kappa shape index (κ3) is 2.03. The molecule has 0 spiro atoms. The maximum Gasteiger partial charge on any atom is 0.275 e. The number of hydrogen-bond donors (Lipinski definition) is 1. The zero-order chi connectivity index (χ0) is 16.1. The van der Waals surface area contributed by atoms with Crippen LogP contribution in [0, 0.1) is 5.82 Å². The van der Waals surface area contributed by atoms with Crippen molar-refractivity contribution in [3.05, 3.63) is 23.6 Å². The minimum Gasteiger partial charge on any atom is -0.494 e. The lowest BCUT2D eigenvalue weighted by Crippen LogP contribution is -2.69. The number of ether oxygens (including phenoxy) is 1. The van der Waals surface area contributed by atoms with Gasteiger partial charge in [0.2, 0.25) is 0 Å². The van der Waals surface area contributed by atoms with E-state index in [1.165, 1.54) is 13.2 Å². The van der Waals surface area contributed by atoms with E-state index < -0.39 is 5.82 Å². The number of rotatable bonds is 2. The van der Waals surface area contributed by atoms with Crippen molar-refractivity contribution in [3.63, 3.8) is 0 Å². The number of H-pyrrole nitrogens is 1. The smallest absolute Gasteiger partial charge is 0.275 e. The summed E-state index contributed by atoms with van der Waals surface area (Å²) in [6, 6.07) is 3.89. The number of hydrogen-bond acceptors (Lipinski definition) is 4. The zero-order valence-electron chi connectivity index (χ0n) is 13.2. The molecule has 0 bridgehead atoms. The number of likely N-dealkylation sites (N-methyl/N-ethyl adjacent to an activating group) is 1. The topological polar surface area (TPSA) is 61.5 Å². The molecule has 3 heterocycles. The largest absolute Gasteiger partial charge is 0.494 e. The van der Waals surface area contributed by atoms with Gasteiger partial charge < -0.3 is 9.64 Å². The van der Waals surface area contributed by atoms with Gasteiger partial charge in [0.05, 0.1) is 7.11 Å². The first-order valence-corrected chi connectivity index (χ1v) is 7.83. The number of carbonyl (C=O) groups is 1. The molecule has 7 heteroatoms. The summed E-state index contributed by atoms with van der Waals surface area (Å²) in [5.41, 5.74) is 0.499. The Morgan fingerprint density at radius 2 is 2.26 bits per heavy atom. The number of halogens is 1. The average Bonchev–Trinajstić information content (AvgIpc) is 2.95. The van der Waals surface area contributed by atoms with Crippen molar-refractivity contribution >= 4 is 16.8 Å². The van der Waals surface area contributed by atoms with E-state index in [1.807, 2.05) is 4.90 Å². The van der Waals surface area contributed by atoms with Crippen LogP contribution in [0.2, 0.25) is 0 Å². The van der Waals surface area contributed by atoms with Crippen LogP contribution in [0.4, 0.5) is 4.39 Å². The predicted molar refractivity (Wildman–Crippen MR) is 83.1 cm³/mol.